The van der Waals surface area contributed by atoms with Gasteiger partial charge in [-0.1, -0.05) is 6.92 Å². The molecule has 0 saturated heterocycles. The molecule has 0 N–H and O–H groups in total. The minimum atomic E-state index is -0.847. The highest BCUT2D eigenvalue weighted by atomic mass is 35.5. The molecule has 2 nitrogen and oxygen atoms in total. The molecule has 2 saturated carbocycles. The SMILES string of the molecule is CC1CCC(N(C)C(=O)C2(C)CC2(Cl)Cl)CC1. The molecule has 0 bridgehead atoms. The molecule has 0 spiro atoms. The summed E-state index contributed by atoms with van der Waals surface area (Å²) in [6.45, 7) is 4.15. The lowest BCUT2D eigenvalue weighted by molar-refractivity contribution is -0.138. The van der Waals surface area contributed by atoms with Gasteiger partial charge in [0.25, 0.3) is 0 Å². The molecule has 0 heterocycles. The van der Waals surface area contributed by atoms with Crippen LogP contribution in [0.25, 0.3) is 0 Å². The minimum absolute atomic E-state index is 0.113. The highest BCUT2D eigenvalue weighted by molar-refractivity contribution is 6.53. The third kappa shape index (κ3) is 2.31. The number of alkyl halides is 2. The van der Waals surface area contributed by atoms with Crippen molar-refractivity contribution in [2.45, 2.75) is 56.3 Å². The Morgan fingerprint density at radius 3 is 2.12 bits per heavy atom. The Morgan fingerprint density at radius 2 is 1.71 bits per heavy atom. The normalized spacial score (nSPS) is 39.8. The van der Waals surface area contributed by atoms with E-state index in [1.165, 1.54) is 12.8 Å². The summed E-state index contributed by atoms with van der Waals surface area (Å²) in [4.78, 5) is 14.3. The molecule has 1 unspecified atom stereocenters. The number of nitrogens with zero attached hydrogens (tertiary/aromatic N) is 1. The lowest BCUT2D eigenvalue weighted by atomic mass is 9.86. The fourth-order valence-electron chi connectivity index (χ4n) is 2.82. The molecule has 0 aromatic rings. The summed E-state index contributed by atoms with van der Waals surface area (Å²) in [5, 5.41) is 0. The predicted octanol–water partition coefficient (Wildman–Crippen LogP) is 3.61. The van der Waals surface area contributed by atoms with Gasteiger partial charge in [0.15, 0.2) is 0 Å². The Morgan fingerprint density at radius 1 is 1.24 bits per heavy atom. The van der Waals surface area contributed by atoms with Crippen LogP contribution >= 0.6 is 23.2 Å². The number of amides is 1. The van der Waals surface area contributed by atoms with Gasteiger partial charge in [0, 0.05) is 13.1 Å². The van der Waals surface area contributed by atoms with Crippen LogP contribution in [0.2, 0.25) is 0 Å². The quantitative estimate of drug-likeness (QED) is 0.707. The van der Waals surface area contributed by atoms with Gasteiger partial charge in [-0.15, -0.1) is 23.2 Å². The molecule has 2 aliphatic rings. The third-order valence-electron chi connectivity index (χ3n) is 4.58. The molecule has 1 atom stereocenters. The van der Waals surface area contributed by atoms with Crippen molar-refractivity contribution in [3.8, 4) is 0 Å². The molecule has 0 aromatic heterocycles. The van der Waals surface area contributed by atoms with Crippen molar-refractivity contribution in [3.05, 3.63) is 0 Å². The maximum absolute atomic E-state index is 12.4. The van der Waals surface area contributed by atoms with Gasteiger partial charge in [0.1, 0.15) is 4.33 Å². The second-order valence-electron chi connectivity index (χ2n) is 6.04. The second-order valence-corrected chi connectivity index (χ2v) is 7.53. The van der Waals surface area contributed by atoms with Crippen LogP contribution in [0, 0.1) is 11.3 Å². The molecule has 98 valence electrons. The van der Waals surface area contributed by atoms with E-state index in [9.17, 15) is 4.79 Å². The highest BCUT2D eigenvalue weighted by Crippen LogP contribution is 2.64. The van der Waals surface area contributed by atoms with E-state index < -0.39 is 9.75 Å². The molecule has 2 fully saturated rings. The van der Waals surface area contributed by atoms with Crippen molar-refractivity contribution in [2.75, 3.05) is 7.05 Å². The van der Waals surface area contributed by atoms with Gasteiger partial charge in [0.05, 0.1) is 5.41 Å². The molecular formula is C13H21Cl2NO. The second kappa shape index (κ2) is 4.31. The maximum Gasteiger partial charge on any atom is 0.231 e. The molecule has 1 amide bonds. The average molecular weight is 278 g/mol. The van der Waals surface area contributed by atoms with Gasteiger partial charge < -0.3 is 4.90 Å². The number of hydrogen-bond acceptors (Lipinski definition) is 1. The van der Waals surface area contributed by atoms with Gasteiger partial charge in [-0.2, -0.15) is 0 Å². The predicted molar refractivity (Wildman–Crippen MR) is 71.4 cm³/mol. The summed E-state index contributed by atoms with van der Waals surface area (Å²) in [5.41, 5.74) is -0.562. The first kappa shape index (κ1) is 13.5. The van der Waals surface area contributed by atoms with Crippen LogP contribution in [-0.4, -0.2) is 28.2 Å². The molecule has 0 aliphatic heterocycles. The number of carbonyl (C=O) groups excluding carboxylic acids is 1. The summed E-state index contributed by atoms with van der Waals surface area (Å²) in [5.74, 6) is 0.911. The van der Waals surface area contributed by atoms with Crippen LogP contribution in [0.4, 0.5) is 0 Å². The summed E-state index contributed by atoms with van der Waals surface area (Å²) < 4.78 is -0.847. The largest absolute Gasteiger partial charge is 0.342 e. The number of rotatable bonds is 2. The lowest BCUT2D eigenvalue weighted by Gasteiger charge is -2.35. The monoisotopic (exact) mass is 277 g/mol. The fraction of sp³-hybridized carbons (Fsp3) is 0.923. The molecule has 4 heteroatoms. The summed E-state index contributed by atoms with van der Waals surface area (Å²) in [6.07, 6.45) is 5.22. The van der Waals surface area contributed by atoms with Crippen LogP contribution in [-0.2, 0) is 4.79 Å². The van der Waals surface area contributed by atoms with Gasteiger partial charge in [-0.3, -0.25) is 4.79 Å². The zero-order valence-corrected chi connectivity index (χ0v) is 12.3. The zero-order chi connectivity index (χ0) is 12.8. The van der Waals surface area contributed by atoms with Gasteiger partial charge in [-0.25, -0.2) is 0 Å². The van der Waals surface area contributed by atoms with Crippen LogP contribution in [0.15, 0.2) is 0 Å². The fourth-order valence-corrected chi connectivity index (χ4v) is 3.51. The summed E-state index contributed by atoms with van der Waals surface area (Å²) >= 11 is 12.1. The third-order valence-corrected chi connectivity index (χ3v) is 5.68. The molecule has 0 radical (unpaired) electrons. The Balaban J connectivity index is 1.97. The summed E-state index contributed by atoms with van der Waals surface area (Å²) in [6, 6.07) is 0.375. The van der Waals surface area contributed by atoms with E-state index in [0.29, 0.717) is 12.5 Å². The van der Waals surface area contributed by atoms with E-state index in [1.54, 1.807) is 0 Å². The number of carbonyl (C=O) groups is 1. The first-order valence-electron chi connectivity index (χ1n) is 6.43. The lowest BCUT2D eigenvalue weighted by Crippen LogP contribution is -2.43. The molecule has 2 rings (SSSR count). The van der Waals surface area contributed by atoms with Crippen LogP contribution in [0.3, 0.4) is 0 Å². The highest BCUT2D eigenvalue weighted by Gasteiger charge is 2.68. The zero-order valence-electron chi connectivity index (χ0n) is 10.8. The Kier molecular flexibility index (Phi) is 3.42. The molecule has 17 heavy (non-hydrogen) atoms. The van der Waals surface area contributed by atoms with Gasteiger partial charge in [0.2, 0.25) is 5.91 Å². The van der Waals surface area contributed by atoms with E-state index in [4.69, 9.17) is 23.2 Å². The van der Waals surface area contributed by atoms with Gasteiger partial charge in [-0.05, 0) is 44.9 Å². The molecule has 2 aliphatic carbocycles. The van der Waals surface area contributed by atoms with Crippen molar-refractivity contribution in [2.24, 2.45) is 11.3 Å². The average Bonchev–Trinajstić information content (AvgIpc) is 2.78. The van der Waals surface area contributed by atoms with Gasteiger partial charge >= 0.3 is 0 Å². The topological polar surface area (TPSA) is 20.3 Å². The number of hydrogen-bond donors (Lipinski definition) is 0. The van der Waals surface area contributed by atoms with E-state index in [0.717, 1.165) is 18.8 Å². The first-order chi connectivity index (χ1) is 7.78. The summed E-state index contributed by atoms with van der Waals surface area (Å²) in [7, 11) is 1.90. The maximum atomic E-state index is 12.4. The van der Waals surface area contributed by atoms with E-state index >= 15 is 0 Å². The van der Waals surface area contributed by atoms with Crippen molar-refractivity contribution in [1.29, 1.82) is 0 Å². The Bertz CT molecular complexity index is 323. The van der Waals surface area contributed by atoms with Crippen molar-refractivity contribution in [1.82, 2.24) is 4.90 Å². The number of halogens is 2. The van der Waals surface area contributed by atoms with Crippen LogP contribution in [0.5, 0.6) is 0 Å². The van der Waals surface area contributed by atoms with Crippen molar-refractivity contribution in [3.63, 3.8) is 0 Å². The molecular weight excluding hydrogens is 257 g/mol. The van der Waals surface area contributed by atoms with Crippen LogP contribution in [0.1, 0.15) is 46.0 Å². The van der Waals surface area contributed by atoms with E-state index in [-0.39, 0.29) is 5.91 Å². The first-order valence-corrected chi connectivity index (χ1v) is 7.18. The van der Waals surface area contributed by atoms with E-state index in [2.05, 4.69) is 6.92 Å². The molecule has 0 aromatic carbocycles. The van der Waals surface area contributed by atoms with Crippen molar-refractivity contribution < 1.29 is 4.79 Å². The minimum Gasteiger partial charge on any atom is -0.342 e. The van der Waals surface area contributed by atoms with E-state index in [1.807, 2.05) is 18.9 Å². The van der Waals surface area contributed by atoms with Crippen LogP contribution < -0.4 is 0 Å². The Hall–Kier alpha value is 0.0500. The Labute approximate surface area is 114 Å². The smallest absolute Gasteiger partial charge is 0.231 e. The van der Waals surface area contributed by atoms with Crippen molar-refractivity contribution >= 4 is 29.1 Å². The standard InChI is InChI=1S/C13H21Cl2NO/c1-9-4-6-10(7-5-9)16(3)11(17)12(2)8-13(12,14)15/h9-10H,4-8H2,1-3H3.